The first kappa shape index (κ1) is 23.0. The molecule has 2 atom stereocenters. The van der Waals surface area contributed by atoms with Crippen LogP contribution in [-0.4, -0.2) is 47.1 Å². The first-order valence-electron chi connectivity index (χ1n) is 12.3. The maximum absolute atomic E-state index is 13.3. The number of thiophene rings is 1. The van der Waals surface area contributed by atoms with Crippen molar-refractivity contribution < 1.29 is 9.53 Å². The van der Waals surface area contributed by atoms with Crippen LogP contribution in [0.15, 0.2) is 46.0 Å². The number of methoxy groups -OCH3 is 1. The van der Waals surface area contributed by atoms with Gasteiger partial charge in [-0.1, -0.05) is 12.1 Å². The molecule has 9 heteroatoms. The van der Waals surface area contributed by atoms with Gasteiger partial charge in [0.15, 0.2) is 0 Å². The van der Waals surface area contributed by atoms with Crippen LogP contribution in [0.5, 0.6) is 5.75 Å². The number of likely N-dealkylation sites (tertiary alicyclic amines) is 1. The van der Waals surface area contributed by atoms with E-state index in [9.17, 15) is 14.4 Å². The van der Waals surface area contributed by atoms with E-state index in [0.29, 0.717) is 40.8 Å². The van der Waals surface area contributed by atoms with Crippen molar-refractivity contribution >= 4 is 43.2 Å². The lowest BCUT2D eigenvalue weighted by molar-refractivity contribution is -0.114. The Labute approximate surface area is 211 Å². The van der Waals surface area contributed by atoms with E-state index in [2.05, 4.69) is 27.3 Å². The predicted molar refractivity (Wildman–Crippen MR) is 143 cm³/mol. The summed E-state index contributed by atoms with van der Waals surface area (Å²) in [4.78, 5) is 43.0. The smallest absolute Gasteiger partial charge is 0.328 e. The third-order valence-corrected chi connectivity index (χ3v) is 8.79. The molecular formula is C27H28N4O4S. The average Bonchev–Trinajstić information content (AvgIpc) is 3.44. The standard InChI is InChI=1S/C27H28N4O4S/c1-15(32)28-17-7-9-23-20(12-17)24-25(36-23)26(33)31(27(34)29-24)11-10-30-13-16-6-8-19-18(21(16)14-30)4-3-5-22(19)35-2/h3-5,7,9,12,16,21H,6,8,10-11,13-14H2,1-2H3,(H,28,32)(H,29,34)/t16-,21+/m0/s1. The van der Waals surface area contributed by atoms with Gasteiger partial charge in [0.1, 0.15) is 10.4 Å². The fraction of sp³-hybridized carbons (Fsp3) is 0.370. The Balaban J connectivity index is 1.25. The number of hydrogen-bond acceptors (Lipinski definition) is 6. The molecule has 186 valence electrons. The lowest BCUT2D eigenvalue weighted by atomic mass is 9.77. The number of aromatic nitrogens is 2. The molecule has 8 nitrogen and oxygen atoms in total. The Bertz CT molecular complexity index is 1620. The van der Waals surface area contributed by atoms with Gasteiger partial charge in [-0.25, -0.2) is 4.79 Å². The SMILES string of the molecule is COc1cccc2c1CC[C@H]1CN(CCn3c(=O)[nH]c4c(sc5ccc(NC(C)=O)cc54)c3=O)C[C@@H]21. The summed E-state index contributed by atoms with van der Waals surface area (Å²) in [5.74, 6) is 1.85. The first-order chi connectivity index (χ1) is 17.4. The number of aromatic amines is 1. The highest BCUT2D eigenvalue weighted by Gasteiger charge is 2.38. The van der Waals surface area contributed by atoms with Crippen LogP contribution in [0.1, 0.15) is 30.4 Å². The zero-order chi connectivity index (χ0) is 25.0. The van der Waals surface area contributed by atoms with Gasteiger partial charge in [-0.3, -0.25) is 14.2 Å². The van der Waals surface area contributed by atoms with Gasteiger partial charge >= 0.3 is 5.69 Å². The summed E-state index contributed by atoms with van der Waals surface area (Å²) < 4.78 is 8.34. The van der Waals surface area contributed by atoms with Crippen LogP contribution in [0.2, 0.25) is 0 Å². The van der Waals surface area contributed by atoms with E-state index >= 15 is 0 Å². The van der Waals surface area contributed by atoms with Crippen LogP contribution in [0, 0.1) is 5.92 Å². The van der Waals surface area contributed by atoms with Crippen molar-refractivity contribution in [2.24, 2.45) is 5.92 Å². The highest BCUT2D eigenvalue weighted by atomic mass is 32.1. The van der Waals surface area contributed by atoms with E-state index in [-0.39, 0.29) is 11.5 Å². The number of nitrogens with zero attached hydrogens (tertiary/aromatic N) is 2. The van der Waals surface area contributed by atoms with Crippen molar-refractivity contribution in [3.8, 4) is 5.75 Å². The van der Waals surface area contributed by atoms with Crippen molar-refractivity contribution in [3.05, 3.63) is 68.4 Å². The minimum absolute atomic E-state index is 0.172. The van der Waals surface area contributed by atoms with Gasteiger partial charge in [0, 0.05) is 54.8 Å². The second kappa shape index (κ2) is 8.90. The Morgan fingerprint density at radius 1 is 1.19 bits per heavy atom. The largest absolute Gasteiger partial charge is 0.496 e. The Morgan fingerprint density at radius 3 is 2.86 bits per heavy atom. The summed E-state index contributed by atoms with van der Waals surface area (Å²) in [7, 11) is 1.73. The molecule has 2 N–H and O–H groups in total. The van der Waals surface area contributed by atoms with E-state index in [1.165, 1.54) is 34.0 Å². The highest BCUT2D eigenvalue weighted by molar-refractivity contribution is 7.25. The molecular weight excluding hydrogens is 476 g/mol. The van der Waals surface area contributed by atoms with Gasteiger partial charge in [0.2, 0.25) is 5.91 Å². The molecule has 2 aromatic heterocycles. The molecule has 0 spiro atoms. The number of fused-ring (bicyclic) bond motifs is 6. The Kier molecular flexibility index (Phi) is 5.69. The normalized spacial score (nSPS) is 19.4. The number of carbonyl (C=O) groups is 1. The minimum atomic E-state index is -0.399. The third-order valence-electron chi connectivity index (χ3n) is 7.64. The van der Waals surface area contributed by atoms with Crippen LogP contribution in [-0.2, 0) is 17.8 Å². The fourth-order valence-electron chi connectivity index (χ4n) is 5.99. The topological polar surface area (TPSA) is 96.4 Å². The number of nitrogens with one attached hydrogen (secondary N) is 2. The summed E-state index contributed by atoms with van der Waals surface area (Å²) in [5.41, 5.74) is 3.22. The van der Waals surface area contributed by atoms with Gasteiger partial charge in [0.05, 0.1) is 12.6 Å². The summed E-state index contributed by atoms with van der Waals surface area (Å²) in [5, 5.41) is 3.52. The molecule has 0 radical (unpaired) electrons. The van der Waals surface area contributed by atoms with Crippen molar-refractivity contribution in [2.45, 2.75) is 32.2 Å². The number of hydrogen-bond donors (Lipinski definition) is 2. The molecule has 1 aliphatic heterocycles. The fourth-order valence-corrected chi connectivity index (χ4v) is 7.08. The maximum atomic E-state index is 13.3. The molecule has 1 fully saturated rings. The van der Waals surface area contributed by atoms with Gasteiger partial charge in [-0.15, -0.1) is 11.3 Å². The predicted octanol–water partition coefficient (Wildman–Crippen LogP) is 3.53. The zero-order valence-corrected chi connectivity index (χ0v) is 21.1. The second-order valence-electron chi connectivity index (χ2n) is 9.78. The highest BCUT2D eigenvalue weighted by Crippen LogP contribution is 2.44. The van der Waals surface area contributed by atoms with E-state index < -0.39 is 5.69 Å². The second-order valence-corrected chi connectivity index (χ2v) is 10.8. The van der Waals surface area contributed by atoms with Gasteiger partial charge in [-0.05, 0) is 54.2 Å². The molecule has 6 rings (SSSR count). The molecule has 0 unspecified atom stereocenters. The van der Waals surface area contributed by atoms with E-state index in [1.54, 1.807) is 19.2 Å². The summed E-state index contributed by atoms with van der Waals surface area (Å²) in [6.07, 6.45) is 2.16. The zero-order valence-electron chi connectivity index (χ0n) is 20.3. The average molecular weight is 505 g/mol. The van der Waals surface area contributed by atoms with Crippen LogP contribution >= 0.6 is 11.3 Å². The molecule has 2 aliphatic rings. The van der Waals surface area contributed by atoms with Crippen molar-refractivity contribution in [2.75, 3.05) is 32.1 Å². The van der Waals surface area contributed by atoms with E-state index in [0.717, 1.165) is 41.8 Å². The maximum Gasteiger partial charge on any atom is 0.328 e. The summed E-state index contributed by atoms with van der Waals surface area (Å²) in [6, 6.07) is 11.8. The molecule has 2 aromatic carbocycles. The number of anilines is 1. The van der Waals surface area contributed by atoms with Crippen LogP contribution in [0.3, 0.4) is 0 Å². The molecule has 4 aromatic rings. The molecule has 3 heterocycles. The Hall–Kier alpha value is -3.43. The Morgan fingerprint density at radius 2 is 2.06 bits per heavy atom. The van der Waals surface area contributed by atoms with Crippen molar-refractivity contribution in [3.63, 3.8) is 0 Å². The first-order valence-corrected chi connectivity index (χ1v) is 13.1. The van der Waals surface area contributed by atoms with Crippen LogP contribution in [0.25, 0.3) is 20.3 Å². The quantitative estimate of drug-likeness (QED) is 0.434. The van der Waals surface area contributed by atoms with Crippen LogP contribution < -0.4 is 21.3 Å². The molecule has 0 saturated carbocycles. The molecule has 1 amide bonds. The van der Waals surface area contributed by atoms with E-state index in [4.69, 9.17) is 4.74 Å². The molecule has 36 heavy (non-hydrogen) atoms. The third kappa shape index (κ3) is 3.83. The van der Waals surface area contributed by atoms with E-state index in [1.807, 2.05) is 12.1 Å². The number of carbonyl (C=O) groups excluding carboxylic acids is 1. The number of H-pyrrole nitrogens is 1. The van der Waals surface area contributed by atoms with Crippen molar-refractivity contribution in [1.29, 1.82) is 0 Å². The van der Waals surface area contributed by atoms with Gasteiger partial charge < -0.3 is 19.9 Å². The lowest BCUT2D eigenvalue weighted by Crippen LogP contribution is -2.38. The monoisotopic (exact) mass is 504 g/mol. The number of amides is 1. The van der Waals surface area contributed by atoms with Crippen LogP contribution in [0.4, 0.5) is 5.69 Å². The summed E-state index contributed by atoms with van der Waals surface area (Å²) >= 11 is 1.37. The minimum Gasteiger partial charge on any atom is -0.496 e. The van der Waals surface area contributed by atoms with Gasteiger partial charge in [0.25, 0.3) is 5.56 Å². The lowest BCUT2D eigenvalue weighted by Gasteiger charge is -2.28. The molecule has 1 saturated heterocycles. The van der Waals surface area contributed by atoms with Gasteiger partial charge in [-0.2, -0.15) is 0 Å². The number of rotatable bonds is 5. The molecule has 0 bridgehead atoms. The number of ether oxygens (including phenoxy) is 1. The summed E-state index contributed by atoms with van der Waals surface area (Å²) in [6.45, 7) is 4.35. The molecule has 1 aliphatic carbocycles. The number of benzene rings is 2. The van der Waals surface area contributed by atoms with Crippen molar-refractivity contribution in [1.82, 2.24) is 14.5 Å².